The van der Waals surface area contributed by atoms with E-state index in [1.165, 1.54) is 25.0 Å². The van der Waals surface area contributed by atoms with Crippen LogP contribution in [0.25, 0.3) is 0 Å². The molecule has 0 bridgehead atoms. The Morgan fingerprint density at radius 1 is 1.61 bits per heavy atom. The minimum Gasteiger partial charge on any atom is -0.383 e. The SMILES string of the molecule is CCC(CC1CC1)Nc1cc([N+](=O)[O-])cc(N)n1. The summed E-state index contributed by atoms with van der Waals surface area (Å²) in [4.78, 5) is 14.4. The molecule has 98 valence electrons. The lowest BCUT2D eigenvalue weighted by Crippen LogP contribution is -2.20. The Kier molecular flexibility index (Phi) is 3.64. The Hall–Kier alpha value is -1.85. The van der Waals surface area contributed by atoms with Crippen molar-refractivity contribution >= 4 is 17.3 Å². The Morgan fingerprint density at radius 3 is 2.89 bits per heavy atom. The summed E-state index contributed by atoms with van der Waals surface area (Å²) < 4.78 is 0. The predicted octanol–water partition coefficient (Wildman–Crippen LogP) is 2.56. The number of rotatable bonds is 6. The molecule has 1 unspecified atom stereocenters. The van der Waals surface area contributed by atoms with Gasteiger partial charge in [0.25, 0.3) is 5.69 Å². The van der Waals surface area contributed by atoms with Gasteiger partial charge in [-0.25, -0.2) is 4.98 Å². The largest absolute Gasteiger partial charge is 0.383 e. The number of anilines is 2. The van der Waals surface area contributed by atoms with Gasteiger partial charge >= 0.3 is 0 Å². The van der Waals surface area contributed by atoms with Crippen molar-refractivity contribution in [2.24, 2.45) is 5.92 Å². The van der Waals surface area contributed by atoms with Crippen LogP contribution < -0.4 is 11.1 Å². The number of aromatic nitrogens is 1. The van der Waals surface area contributed by atoms with Crippen LogP contribution in [0, 0.1) is 16.0 Å². The van der Waals surface area contributed by atoms with Crippen LogP contribution in [0.4, 0.5) is 17.3 Å². The van der Waals surface area contributed by atoms with E-state index in [-0.39, 0.29) is 11.5 Å². The maximum Gasteiger partial charge on any atom is 0.276 e. The highest BCUT2D eigenvalue weighted by Crippen LogP contribution is 2.34. The number of nitrogens with one attached hydrogen (secondary N) is 1. The average Bonchev–Trinajstić information content (AvgIpc) is 3.11. The second kappa shape index (κ2) is 5.20. The third kappa shape index (κ3) is 3.32. The summed E-state index contributed by atoms with van der Waals surface area (Å²) in [5, 5.41) is 14.0. The van der Waals surface area contributed by atoms with E-state index in [4.69, 9.17) is 5.73 Å². The molecule has 1 fully saturated rings. The fourth-order valence-corrected chi connectivity index (χ4v) is 2.01. The van der Waals surface area contributed by atoms with Gasteiger partial charge in [0.15, 0.2) is 0 Å². The molecule has 2 rings (SSSR count). The zero-order chi connectivity index (χ0) is 13.1. The third-order valence-corrected chi connectivity index (χ3v) is 3.20. The average molecular weight is 250 g/mol. The van der Waals surface area contributed by atoms with Crippen molar-refractivity contribution in [1.82, 2.24) is 4.98 Å². The molecule has 1 aromatic heterocycles. The molecule has 6 nitrogen and oxygen atoms in total. The van der Waals surface area contributed by atoms with E-state index in [1.54, 1.807) is 0 Å². The van der Waals surface area contributed by atoms with E-state index in [2.05, 4.69) is 17.2 Å². The van der Waals surface area contributed by atoms with Crippen LogP contribution in [-0.2, 0) is 0 Å². The first-order chi connectivity index (χ1) is 8.58. The maximum atomic E-state index is 10.7. The van der Waals surface area contributed by atoms with Crippen LogP contribution in [0.5, 0.6) is 0 Å². The van der Waals surface area contributed by atoms with E-state index < -0.39 is 4.92 Å². The quantitative estimate of drug-likeness (QED) is 0.597. The summed E-state index contributed by atoms with van der Waals surface area (Å²) in [6.07, 6.45) is 4.66. The lowest BCUT2D eigenvalue weighted by atomic mass is 10.1. The molecule has 1 aromatic rings. The summed E-state index contributed by atoms with van der Waals surface area (Å²) in [7, 11) is 0. The molecule has 6 heteroatoms. The molecule has 0 spiro atoms. The smallest absolute Gasteiger partial charge is 0.276 e. The second-order valence-electron chi connectivity index (χ2n) is 4.82. The number of nitrogens with zero attached hydrogens (tertiary/aromatic N) is 2. The molecular weight excluding hydrogens is 232 g/mol. The van der Waals surface area contributed by atoms with Gasteiger partial charge in [0.1, 0.15) is 11.6 Å². The first-order valence-electron chi connectivity index (χ1n) is 6.27. The second-order valence-corrected chi connectivity index (χ2v) is 4.82. The van der Waals surface area contributed by atoms with Gasteiger partial charge in [-0.3, -0.25) is 10.1 Å². The van der Waals surface area contributed by atoms with Gasteiger partial charge in [0.2, 0.25) is 0 Å². The highest BCUT2D eigenvalue weighted by atomic mass is 16.6. The number of pyridine rings is 1. The molecule has 1 aliphatic rings. The molecule has 0 saturated heterocycles. The lowest BCUT2D eigenvalue weighted by molar-refractivity contribution is -0.384. The molecule has 1 saturated carbocycles. The molecule has 1 heterocycles. The van der Waals surface area contributed by atoms with Crippen molar-refractivity contribution in [1.29, 1.82) is 0 Å². The highest BCUT2D eigenvalue weighted by molar-refractivity contribution is 5.53. The number of nitro groups is 1. The van der Waals surface area contributed by atoms with Gasteiger partial charge in [-0.15, -0.1) is 0 Å². The topological polar surface area (TPSA) is 94.1 Å². The van der Waals surface area contributed by atoms with Gasteiger partial charge in [0.05, 0.1) is 17.1 Å². The van der Waals surface area contributed by atoms with Gasteiger partial charge < -0.3 is 11.1 Å². The molecule has 0 radical (unpaired) electrons. The standard InChI is InChI=1S/C12H18N4O2/c1-2-9(5-8-3-4-8)14-12-7-10(16(17)18)6-11(13)15-12/h6-9H,2-5H2,1H3,(H3,13,14,15). The van der Waals surface area contributed by atoms with Crippen LogP contribution in [0.15, 0.2) is 12.1 Å². The molecule has 0 amide bonds. The fraction of sp³-hybridized carbons (Fsp3) is 0.583. The molecule has 3 N–H and O–H groups in total. The van der Waals surface area contributed by atoms with Gasteiger partial charge in [-0.2, -0.15) is 0 Å². The molecule has 0 aromatic carbocycles. The van der Waals surface area contributed by atoms with Crippen molar-refractivity contribution in [2.75, 3.05) is 11.1 Å². The summed E-state index contributed by atoms with van der Waals surface area (Å²) in [5.74, 6) is 1.47. The number of nitrogen functional groups attached to an aromatic ring is 1. The van der Waals surface area contributed by atoms with E-state index in [9.17, 15) is 10.1 Å². The molecule has 1 aliphatic carbocycles. The Bertz CT molecular complexity index is 446. The van der Waals surface area contributed by atoms with Crippen LogP contribution in [-0.4, -0.2) is 15.9 Å². The summed E-state index contributed by atoms with van der Waals surface area (Å²) in [6, 6.07) is 3.02. The number of nitrogens with two attached hydrogens (primary N) is 1. The molecular formula is C12H18N4O2. The highest BCUT2D eigenvalue weighted by Gasteiger charge is 2.25. The molecule has 18 heavy (non-hydrogen) atoms. The molecule has 1 atom stereocenters. The van der Waals surface area contributed by atoms with E-state index >= 15 is 0 Å². The van der Waals surface area contributed by atoms with E-state index in [0.717, 1.165) is 18.8 Å². The van der Waals surface area contributed by atoms with Gasteiger partial charge in [0, 0.05) is 6.04 Å². The minimum absolute atomic E-state index is 0.0220. The maximum absolute atomic E-state index is 10.7. The fourth-order valence-electron chi connectivity index (χ4n) is 2.01. The van der Waals surface area contributed by atoms with E-state index in [0.29, 0.717) is 11.9 Å². The normalized spacial score (nSPS) is 16.3. The van der Waals surface area contributed by atoms with Crippen LogP contribution >= 0.6 is 0 Å². The number of hydrogen-bond acceptors (Lipinski definition) is 5. The predicted molar refractivity (Wildman–Crippen MR) is 70.3 cm³/mol. The van der Waals surface area contributed by atoms with Crippen LogP contribution in [0.3, 0.4) is 0 Å². The third-order valence-electron chi connectivity index (χ3n) is 3.20. The zero-order valence-electron chi connectivity index (χ0n) is 10.4. The zero-order valence-corrected chi connectivity index (χ0v) is 10.4. The Morgan fingerprint density at radius 2 is 2.33 bits per heavy atom. The van der Waals surface area contributed by atoms with E-state index in [1.807, 2.05) is 0 Å². The van der Waals surface area contributed by atoms with Crippen molar-refractivity contribution in [2.45, 2.75) is 38.6 Å². The van der Waals surface area contributed by atoms with Crippen molar-refractivity contribution in [3.05, 3.63) is 22.2 Å². The van der Waals surface area contributed by atoms with Crippen molar-refractivity contribution in [3.63, 3.8) is 0 Å². The first kappa shape index (κ1) is 12.6. The monoisotopic (exact) mass is 250 g/mol. The van der Waals surface area contributed by atoms with Gasteiger partial charge in [-0.1, -0.05) is 19.8 Å². The Balaban J connectivity index is 2.08. The van der Waals surface area contributed by atoms with Gasteiger partial charge in [-0.05, 0) is 18.8 Å². The van der Waals surface area contributed by atoms with Crippen LogP contribution in [0.2, 0.25) is 0 Å². The van der Waals surface area contributed by atoms with Crippen LogP contribution in [0.1, 0.15) is 32.6 Å². The molecule has 0 aliphatic heterocycles. The Labute approximate surface area is 106 Å². The lowest BCUT2D eigenvalue weighted by Gasteiger charge is -2.17. The summed E-state index contributed by atoms with van der Waals surface area (Å²) in [5.41, 5.74) is 5.55. The summed E-state index contributed by atoms with van der Waals surface area (Å²) >= 11 is 0. The van der Waals surface area contributed by atoms with Crippen molar-refractivity contribution in [3.8, 4) is 0 Å². The minimum atomic E-state index is -0.453. The first-order valence-corrected chi connectivity index (χ1v) is 6.27. The number of hydrogen-bond donors (Lipinski definition) is 2. The van der Waals surface area contributed by atoms with Crippen molar-refractivity contribution < 1.29 is 4.92 Å². The summed E-state index contributed by atoms with van der Waals surface area (Å²) in [6.45, 7) is 2.10.